The standard InChI is InChI=1S/C17H24N6O/c24-17-2-1-13-9-22(10-15-8-19-12-21-15)5-4-16(13)23(17)6-3-14-7-18-11-20-14/h7-8,11-13,16H,1-6,9-10H2,(H,18,20)(H,19,21)/t13-,16+/m1/s1. The number of fused-ring (bicyclic) bond motifs is 1. The molecule has 0 unspecified atom stereocenters. The number of aromatic nitrogens is 4. The van der Waals surface area contributed by atoms with Crippen molar-refractivity contribution in [3.63, 3.8) is 0 Å². The summed E-state index contributed by atoms with van der Waals surface area (Å²) in [6.45, 7) is 3.82. The molecule has 7 nitrogen and oxygen atoms in total. The molecule has 2 saturated heterocycles. The fourth-order valence-electron chi connectivity index (χ4n) is 4.14. The first-order valence-corrected chi connectivity index (χ1v) is 8.76. The van der Waals surface area contributed by atoms with Gasteiger partial charge in [0.25, 0.3) is 0 Å². The zero-order valence-corrected chi connectivity index (χ0v) is 13.8. The average molecular weight is 328 g/mol. The van der Waals surface area contributed by atoms with Crippen LogP contribution in [-0.4, -0.2) is 61.3 Å². The highest BCUT2D eigenvalue weighted by atomic mass is 16.2. The minimum absolute atomic E-state index is 0.317. The fourth-order valence-corrected chi connectivity index (χ4v) is 4.14. The van der Waals surface area contributed by atoms with Crippen LogP contribution in [-0.2, 0) is 17.8 Å². The van der Waals surface area contributed by atoms with Gasteiger partial charge in [-0.2, -0.15) is 0 Å². The first kappa shape index (κ1) is 15.4. The third-order valence-corrected chi connectivity index (χ3v) is 5.35. The molecule has 0 radical (unpaired) electrons. The molecule has 2 fully saturated rings. The second kappa shape index (κ2) is 6.76. The lowest BCUT2D eigenvalue weighted by atomic mass is 9.83. The van der Waals surface area contributed by atoms with E-state index in [1.54, 1.807) is 12.7 Å². The van der Waals surface area contributed by atoms with Gasteiger partial charge in [0.15, 0.2) is 0 Å². The van der Waals surface area contributed by atoms with Crippen LogP contribution in [0.2, 0.25) is 0 Å². The van der Waals surface area contributed by atoms with Crippen LogP contribution in [0.15, 0.2) is 25.0 Å². The van der Waals surface area contributed by atoms with Gasteiger partial charge in [-0.05, 0) is 18.8 Å². The summed E-state index contributed by atoms with van der Waals surface area (Å²) in [6, 6.07) is 0.396. The van der Waals surface area contributed by atoms with E-state index in [2.05, 4.69) is 29.7 Å². The molecule has 2 aromatic heterocycles. The summed E-state index contributed by atoms with van der Waals surface area (Å²) in [5.41, 5.74) is 2.26. The van der Waals surface area contributed by atoms with Gasteiger partial charge in [-0.15, -0.1) is 0 Å². The molecule has 2 N–H and O–H groups in total. The first-order chi connectivity index (χ1) is 11.8. The number of amides is 1. The largest absolute Gasteiger partial charge is 0.348 e. The Hall–Kier alpha value is -2.15. The molecule has 0 aliphatic carbocycles. The van der Waals surface area contributed by atoms with Gasteiger partial charge in [0, 0.05) is 68.8 Å². The average Bonchev–Trinajstić information content (AvgIpc) is 3.28. The van der Waals surface area contributed by atoms with Crippen molar-refractivity contribution in [2.45, 2.75) is 38.3 Å². The van der Waals surface area contributed by atoms with Crippen LogP contribution >= 0.6 is 0 Å². The third kappa shape index (κ3) is 3.21. The van der Waals surface area contributed by atoms with Crippen molar-refractivity contribution in [2.24, 2.45) is 5.92 Å². The lowest BCUT2D eigenvalue weighted by Gasteiger charge is -2.47. The van der Waals surface area contributed by atoms with E-state index in [9.17, 15) is 4.79 Å². The van der Waals surface area contributed by atoms with Crippen molar-refractivity contribution in [3.8, 4) is 0 Å². The van der Waals surface area contributed by atoms with E-state index in [0.717, 1.165) is 56.8 Å². The number of nitrogens with zero attached hydrogens (tertiary/aromatic N) is 4. The molecule has 0 aromatic carbocycles. The predicted molar refractivity (Wildman–Crippen MR) is 89.0 cm³/mol. The maximum Gasteiger partial charge on any atom is 0.222 e. The highest BCUT2D eigenvalue weighted by Crippen LogP contribution is 2.31. The molecule has 7 heteroatoms. The van der Waals surface area contributed by atoms with Crippen LogP contribution in [0.3, 0.4) is 0 Å². The second-order valence-electron chi connectivity index (χ2n) is 6.88. The van der Waals surface area contributed by atoms with Gasteiger partial charge in [-0.1, -0.05) is 0 Å². The smallest absolute Gasteiger partial charge is 0.222 e. The Morgan fingerprint density at radius 2 is 1.92 bits per heavy atom. The molecule has 0 saturated carbocycles. The molecule has 4 heterocycles. The number of nitrogens with one attached hydrogen (secondary N) is 2. The fraction of sp³-hybridized carbons (Fsp3) is 0.588. The Balaban J connectivity index is 1.37. The normalized spacial score (nSPS) is 25.0. The molecule has 2 atom stereocenters. The Kier molecular flexibility index (Phi) is 4.34. The topological polar surface area (TPSA) is 80.9 Å². The van der Waals surface area contributed by atoms with Gasteiger partial charge in [0.1, 0.15) is 0 Å². The monoisotopic (exact) mass is 328 g/mol. The van der Waals surface area contributed by atoms with Gasteiger partial charge in [-0.3, -0.25) is 9.69 Å². The van der Waals surface area contributed by atoms with Crippen molar-refractivity contribution >= 4 is 5.91 Å². The van der Waals surface area contributed by atoms with Crippen LogP contribution < -0.4 is 0 Å². The Morgan fingerprint density at radius 3 is 2.67 bits per heavy atom. The highest BCUT2D eigenvalue weighted by Gasteiger charge is 2.38. The molecular formula is C17H24N6O. The van der Waals surface area contributed by atoms with E-state index in [0.29, 0.717) is 24.3 Å². The summed E-state index contributed by atoms with van der Waals surface area (Å²) < 4.78 is 0. The highest BCUT2D eigenvalue weighted by molar-refractivity contribution is 5.77. The van der Waals surface area contributed by atoms with Gasteiger partial charge < -0.3 is 14.9 Å². The van der Waals surface area contributed by atoms with Gasteiger partial charge in [-0.25, -0.2) is 9.97 Å². The summed E-state index contributed by atoms with van der Waals surface area (Å²) in [6.07, 6.45) is 10.8. The van der Waals surface area contributed by atoms with Crippen LogP contribution in [0, 0.1) is 5.92 Å². The second-order valence-corrected chi connectivity index (χ2v) is 6.88. The van der Waals surface area contributed by atoms with E-state index in [4.69, 9.17) is 0 Å². The number of H-pyrrole nitrogens is 2. The number of piperidine rings is 2. The lowest BCUT2D eigenvalue weighted by molar-refractivity contribution is -0.141. The zero-order chi connectivity index (χ0) is 16.4. The van der Waals surface area contributed by atoms with Gasteiger partial charge in [0.05, 0.1) is 12.7 Å². The number of imidazole rings is 2. The van der Waals surface area contributed by atoms with E-state index in [1.807, 2.05) is 12.4 Å². The SMILES string of the molecule is O=C1CC[C@@H]2CN(Cc3cnc[nH]3)CC[C@@H]2N1CCc1cnc[nH]1. The number of hydrogen-bond donors (Lipinski definition) is 2. The summed E-state index contributed by atoms with van der Waals surface area (Å²) in [5.74, 6) is 0.902. The van der Waals surface area contributed by atoms with Crippen molar-refractivity contribution < 1.29 is 4.79 Å². The number of carbonyl (C=O) groups is 1. The number of hydrogen-bond acceptors (Lipinski definition) is 4. The molecule has 1 amide bonds. The maximum atomic E-state index is 12.4. The Bertz CT molecular complexity index is 653. The summed E-state index contributed by atoms with van der Waals surface area (Å²) in [5, 5.41) is 0. The summed E-state index contributed by atoms with van der Waals surface area (Å²) in [4.78, 5) is 31.5. The van der Waals surface area contributed by atoms with Crippen molar-refractivity contribution in [3.05, 3.63) is 36.4 Å². The van der Waals surface area contributed by atoms with Crippen LogP contribution in [0.25, 0.3) is 0 Å². The van der Waals surface area contributed by atoms with Crippen molar-refractivity contribution in [1.29, 1.82) is 0 Å². The van der Waals surface area contributed by atoms with E-state index < -0.39 is 0 Å². The molecule has 2 aromatic rings. The van der Waals surface area contributed by atoms with E-state index in [1.165, 1.54) is 0 Å². The maximum absolute atomic E-state index is 12.4. The summed E-state index contributed by atoms with van der Waals surface area (Å²) >= 11 is 0. The Morgan fingerprint density at radius 1 is 1.12 bits per heavy atom. The van der Waals surface area contributed by atoms with Crippen molar-refractivity contribution in [2.75, 3.05) is 19.6 Å². The number of carbonyl (C=O) groups excluding carboxylic acids is 1. The molecular weight excluding hydrogens is 304 g/mol. The van der Waals surface area contributed by atoms with Crippen LogP contribution in [0.4, 0.5) is 0 Å². The number of aromatic amines is 2. The Labute approximate surface area is 141 Å². The molecule has 0 bridgehead atoms. The molecule has 24 heavy (non-hydrogen) atoms. The van der Waals surface area contributed by atoms with Crippen LogP contribution in [0.5, 0.6) is 0 Å². The quantitative estimate of drug-likeness (QED) is 0.864. The summed E-state index contributed by atoms with van der Waals surface area (Å²) in [7, 11) is 0. The van der Waals surface area contributed by atoms with E-state index >= 15 is 0 Å². The predicted octanol–water partition coefficient (Wildman–Crippen LogP) is 1.19. The number of likely N-dealkylation sites (tertiary alicyclic amines) is 2. The molecule has 0 spiro atoms. The molecule has 2 aliphatic rings. The van der Waals surface area contributed by atoms with Gasteiger partial charge in [0.2, 0.25) is 5.91 Å². The molecule has 4 rings (SSSR count). The first-order valence-electron chi connectivity index (χ1n) is 8.76. The molecule has 2 aliphatic heterocycles. The number of rotatable bonds is 5. The lowest BCUT2D eigenvalue weighted by Crippen LogP contribution is -2.56. The van der Waals surface area contributed by atoms with E-state index in [-0.39, 0.29) is 0 Å². The minimum atomic E-state index is 0.317. The third-order valence-electron chi connectivity index (χ3n) is 5.35. The molecule has 128 valence electrons. The zero-order valence-electron chi connectivity index (χ0n) is 13.8. The minimum Gasteiger partial charge on any atom is -0.348 e. The van der Waals surface area contributed by atoms with Crippen LogP contribution in [0.1, 0.15) is 30.7 Å². The van der Waals surface area contributed by atoms with Gasteiger partial charge >= 0.3 is 0 Å². The van der Waals surface area contributed by atoms with Crippen molar-refractivity contribution in [1.82, 2.24) is 29.7 Å².